The van der Waals surface area contributed by atoms with Gasteiger partial charge in [0.05, 0.1) is 0 Å². The van der Waals surface area contributed by atoms with Gasteiger partial charge >= 0.3 is 6.09 Å². The first-order valence-corrected chi connectivity index (χ1v) is 10.5. The van der Waals surface area contributed by atoms with E-state index in [-0.39, 0.29) is 5.76 Å². The minimum Gasteiger partial charge on any atom is -0.441 e. The first-order valence-electron chi connectivity index (χ1n) is 10.2. The summed E-state index contributed by atoms with van der Waals surface area (Å²) < 4.78 is 10.8. The number of nitrogens with one attached hydrogen (secondary N) is 1. The highest BCUT2D eigenvalue weighted by Gasteiger charge is 2.38. The Balaban J connectivity index is 1.45. The van der Waals surface area contributed by atoms with Crippen LogP contribution in [0.4, 0.5) is 10.5 Å². The van der Waals surface area contributed by atoms with E-state index in [0.717, 1.165) is 11.1 Å². The Bertz CT molecular complexity index is 1170. The van der Waals surface area contributed by atoms with Crippen LogP contribution in [0, 0.1) is 18.8 Å². The molecule has 3 aromatic rings. The van der Waals surface area contributed by atoms with Crippen molar-refractivity contribution in [1.29, 1.82) is 0 Å². The summed E-state index contributed by atoms with van der Waals surface area (Å²) in [6.07, 6.45) is 1.31. The van der Waals surface area contributed by atoms with Gasteiger partial charge in [-0.2, -0.15) is 0 Å². The maximum atomic E-state index is 12.4. The Morgan fingerprint density at radius 3 is 2.58 bits per heavy atom. The molecule has 0 saturated heterocycles. The Kier molecular flexibility index (Phi) is 5.75. The van der Waals surface area contributed by atoms with Gasteiger partial charge in [-0.25, -0.2) is 4.79 Å². The molecule has 158 valence electrons. The summed E-state index contributed by atoms with van der Waals surface area (Å²) in [7, 11) is 0. The fourth-order valence-electron chi connectivity index (χ4n) is 3.32. The molecule has 1 heterocycles. The monoisotopic (exact) mass is 434 g/mol. The summed E-state index contributed by atoms with van der Waals surface area (Å²) in [5.74, 6) is 6.30. The van der Waals surface area contributed by atoms with Crippen molar-refractivity contribution < 1.29 is 14.1 Å². The molecule has 1 aliphatic rings. The minimum atomic E-state index is -0.635. The highest BCUT2D eigenvalue weighted by Crippen LogP contribution is 2.47. The lowest BCUT2D eigenvalue weighted by Crippen LogP contribution is -2.17. The third kappa shape index (κ3) is 4.76. The number of carbonyl (C=O) groups is 1. The van der Waals surface area contributed by atoms with E-state index in [1.54, 1.807) is 19.9 Å². The molecular formula is C25H23ClN2O3. The zero-order valence-electron chi connectivity index (χ0n) is 17.7. The molecule has 1 aromatic heterocycles. The number of hydrogen-bond donors (Lipinski definition) is 1. The van der Waals surface area contributed by atoms with E-state index in [2.05, 4.69) is 41.4 Å². The highest BCUT2D eigenvalue weighted by molar-refractivity contribution is 6.31. The molecule has 0 spiro atoms. The molecule has 1 atom stereocenters. The Labute approximate surface area is 186 Å². The standard InChI is InChI=1S/C25H23ClN2O3/c1-16-23(27-24(29)30-17(2)20-6-4-5-7-21(20)26)22(31-28-16)13-10-18-8-11-19(12-9-18)25(3)14-15-25/h4-9,11-12,17H,14-15H2,1-3H3,(H,27,29). The average Bonchev–Trinajstić information content (AvgIpc) is 3.42. The molecule has 2 aromatic carbocycles. The van der Waals surface area contributed by atoms with Crippen LogP contribution in [-0.4, -0.2) is 11.2 Å². The van der Waals surface area contributed by atoms with Gasteiger partial charge in [-0.1, -0.05) is 59.9 Å². The van der Waals surface area contributed by atoms with Crippen molar-refractivity contribution in [1.82, 2.24) is 5.16 Å². The number of rotatable bonds is 4. The van der Waals surface area contributed by atoms with E-state index in [4.69, 9.17) is 20.9 Å². The molecule has 1 unspecified atom stereocenters. The largest absolute Gasteiger partial charge is 0.441 e. The van der Waals surface area contributed by atoms with Gasteiger partial charge in [0.1, 0.15) is 17.5 Å². The van der Waals surface area contributed by atoms with Crippen molar-refractivity contribution in [2.24, 2.45) is 0 Å². The van der Waals surface area contributed by atoms with Gasteiger partial charge < -0.3 is 9.26 Å². The third-order valence-electron chi connectivity index (χ3n) is 5.62. The summed E-state index contributed by atoms with van der Waals surface area (Å²) in [6, 6.07) is 15.5. The number of halogens is 1. The number of carbonyl (C=O) groups excluding carboxylic acids is 1. The third-order valence-corrected chi connectivity index (χ3v) is 5.96. The molecule has 31 heavy (non-hydrogen) atoms. The maximum absolute atomic E-state index is 12.4. The van der Waals surface area contributed by atoms with Crippen molar-refractivity contribution in [3.63, 3.8) is 0 Å². The smallest absolute Gasteiger partial charge is 0.412 e. The molecule has 1 fully saturated rings. The van der Waals surface area contributed by atoms with E-state index < -0.39 is 12.2 Å². The lowest BCUT2D eigenvalue weighted by atomic mass is 9.97. The summed E-state index contributed by atoms with van der Waals surface area (Å²) >= 11 is 6.18. The zero-order chi connectivity index (χ0) is 22.0. The Morgan fingerprint density at radius 2 is 1.90 bits per heavy atom. The quantitative estimate of drug-likeness (QED) is 0.482. The fraction of sp³-hybridized carbons (Fsp3) is 0.280. The predicted octanol–water partition coefficient (Wildman–Crippen LogP) is 6.40. The van der Waals surface area contributed by atoms with Crippen molar-refractivity contribution >= 4 is 23.4 Å². The van der Waals surface area contributed by atoms with E-state index in [1.165, 1.54) is 18.4 Å². The van der Waals surface area contributed by atoms with Crippen LogP contribution in [0.3, 0.4) is 0 Å². The number of aromatic nitrogens is 1. The molecule has 1 aliphatic carbocycles. The molecule has 4 rings (SSSR count). The first kappa shape index (κ1) is 21.0. The second kappa shape index (κ2) is 8.49. The molecule has 0 radical (unpaired) electrons. The maximum Gasteiger partial charge on any atom is 0.412 e. The van der Waals surface area contributed by atoms with Crippen LogP contribution in [0.1, 0.15) is 60.9 Å². The molecule has 0 bridgehead atoms. The van der Waals surface area contributed by atoms with E-state index in [9.17, 15) is 4.79 Å². The van der Waals surface area contributed by atoms with Crippen LogP contribution in [-0.2, 0) is 10.2 Å². The SMILES string of the molecule is Cc1noc(C#Cc2ccc(C3(C)CC3)cc2)c1NC(=O)OC(C)c1ccccc1Cl. The molecule has 6 heteroatoms. The number of aryl methyl sites for hydroxylation is 1. The molecule has 1 amide bonds. The lowest BCUT2D eigenvalue weighted by Gasteiger charge is -2.15. The lowest BCUT2D eigenvalue weighted by molar-refractivity contribution is 0.121. The molecule has 0 aliphatic heterocycles. The van der Waals surface area contributed by atoms with Crippen molar-refractivity contribution in [2.75, 3.05) is 5.32 Å². The molecular weight excluding hydrogens is 412 g/mol. The van der Waals surface area contributed by atoms with Crippen LogP contribution in [0.25, 0.3) is 0 Å². The van der Waals surface area contributed by atoms with Crippen molar-refractivity contribution in [2.45, 2.75) is 45.1 Å². The van der Waals surface area contributed by atoms with Gasteiger partial charge in [0.15, 0.2) is 0 Å². The Hall–Kier alpha value is -3.23. The van der Waals surface area contributed by atoms with Gasteiger partial charge in [-0.15, -0.1) is 0 Å². The van der Waals surface area contributed by atoms with Crippen LogP contribution in [0.15, 0.2) is 53.1 Å². The van der Waals surface area contributed by atoms with E-state index >= 15 is 0 Å². The van der Waals surface area contributed by atoms with Crippen molar-refractivity contribution in [3.8, 4) is 11.8 Å². The second-order valence-electron chi connectivity index (χ2n) is 8.05. The van der Waals surface area contributed by atoms with Crippen molar-refractivity contribution in [3.05, 3.63) is 81.7 Å². The highest BCUT2D eigenvalue weighted by atomic mass is 35.5. The first-order chi connectivity index (χ1) is 14.9. The number of benzene rings is 2. The number of ether oxygens (including phenoxy) is 1. The zero-order valence-corrected chi connectivity index (χ0v) is 18.4. The molecule has 1 saturated carbocycles. The molecule has 5 nitrogen and oxygen atoms in total. The number of amides is 1. The second-order valence-corrected chi connectivity index (χ2v) is 8.46. The minimum absolute atomic E-state index is 0.276. The normalized spacial score (nSPS) is 14.8. The number of nitrogens with zero attached hydrogens (tertiary/aromatic N) is 1. The summed E-state index contributed by atoms with van der Waals surface area (Å²) in [6.45, 7) is 5.76. The number of hydrogen-bond acceptors (Lipinski definition) is 4. The van der Waals surface area contributed by atoms with Gasteiger partial charge in [0, 0.05) is 16.1 Å². The van der Waals surface area contributed by atoms with E-state index in [0.29, 0.717) is 21.8 Å². The van der Waals surface area contributed by atoms with Crippen LogP contribution in [0.2, 0.25) is 5.02 Å². The van der Waals surface area contributed by atoms with E-state index in [1.807, 2.05) is 30.3 Å². The topological polar surface area (TPSA) is 64.4 Å². The van der Waals surface area contributed by atoms with Crippen LogP contribution >= 0.6 is 11.6 Å². The number of anilines is 1. The predicted molar refractivity (Wildman–Crippen MR) is 120 cm³/mol. The summed E-state index contributed by atoms with van der Waals surface area (Å²) in [5.41, 5.74) is 4.17. The molecule has 1 N–H and O–H groups in total. The van der Waals surface area contributed by atoms with Crippen LogP contribution < -0.4 is 5.32 Å². The van der Waals surface area contributed by atoms with Gasteiger partial charge in [-0.3, -0.25) is 5.32 Å². The fourth-order valence-corrected chi connectivity index (χ4v) is 3.61. The Morgan fingerprint density at radius 1 is 1.19 bits per heavy atom. The van der Waals surface area contributed by atoms with Crippen LogP contribution in [0.5, 0.6) is 0 Å². The summed E-state index contributed by atoms with van der Waals surface area (Å²) in [4.78, 5) is 12.4. The van der Waals surface area contributed by atoms with Gasteiger partial charge in [0.25, 0.3) is 0 Å². The van der Waals surface area contributed by atoms with Gasteiger partial charge in [-0.05, 0) is 61.8 Å². The van der Waals surface area contributed by atoms with Gasteiger partial charge in [0.2, 0.25) is 5.76 Å². The average molecular weight is 435 g/mol. The summed E-state index contributed by atoms with van der Waals surface area (Å²) in [5, 5.41) is 7.15.